The number of hydrogen-bond donors (Lipinski definition) is 0. The zero-order valence-corrected chi connectivity index (χ0v) is 13.1. The lowest BCUT2D eigenvalue weighted by atomic mass is 9.94. The smallest absolute Gasteiger partial charge is 0.163 e. The fraction of sp³-hybridized carbons (Fsp3) is 0.412. The van der Waals surface area contributed by atoms with Crippen LogP contribution in [0.25, 0.3) is 11.4 Å². The summed E-state index contributed by atoms with van der Waals surface area (Å²) in [4.78, 5) is 11.3. The van der Waals surface area contributed by atoms with Gasteiger partial charge in [-0.2, -0.15) is 0 Å². The summed E-state index contributed by atoms with van der Waals surface area (Å²) in [6.07, 6.45) is 6.43. The van der Waals surface area contributed by atoms with Gasteiger partial charge in [0.1, 0.15) is 11.0 Å². The van der Waals surface area contributed by atoms with E-state index >= 15 is 0 Å². The van der Waals surface area contributed by atoms with Crippen molar-refractivity contribution < 1.29 is 0 Å². The monoisotopic (exact) mass is 301 g/mol. The molecule has 1 fully saturated rings. The molecule has 1 aromatic heterocycles. The summed E-state index contributed by atoms with van der Waals surface area (Å²) in [7, 11) is 2.11. The van der Waals surface area contributed by atoms with Crippen LogP contribution >= 0.6 is 11.6 Å². The van der Waals surface area contributed by atoms with Crippen molar-refractivity contribution in [2.45, 2.75) is 38.1 Å². The third-order valence-electron chi connectivity index (χ3n) is 4.20. The van der Waals surface area contributed by atoms with Gasteiger partial charge in [-0.25, -0.2) is 9.97 Å². The van der Waals surface area contributed by atoms with Gasteiger partial charge in [0.2, 0.25) is 0 Å². The molecule has 0 N–H and O–H groups in total. The number of benzene rings is 1. The molecule has 0 aliphatic heterocycles. The summed E-state index contributed by atoms with van der Waals surface area (Å²) in [6, 6.07) is 12.4. The van der Waals surface area contributed by atoms with Crippen LogP contribution in [0.1, 0.15) is 32.1 Å². The van der Waals surface area contributed by atoms with Gasteiger partial charge in [-0.1, -0.05) is 61.2 Å². The van der Waals surface area contributed by atoms with E-state index in [4.69, 9.17) is 16.6 Å². The van der Waals surface area contributed by atoms with Gasteiger partial charge >= 0.3 is 0 Å². The summed E-state index contributed by atoms with van der Waals surface area (Å²) >= 11 is 6.21. The highest BCUT2D eigenvalue weighted by atomic mass is 35.5. The predicted octanol–water partition coefficient (Wildman–Crippen LogP) is 4.57. The third-order valence-corrected chi connectivity index (χ3v) is 4.39. The molecule has 4 heteroatoms. The van der Waals surface area contributed by atoms with Crippen molar-refractivity contribution in [3.8, 4) is 11.4 Å². The van der Waals surface area contributed by atoms with Crippen LogP contribution in [-0.2, 0) is 0 Å². The van der Waals surface area contributed by atoms with E-state index in [-0.39, 0.29) is 0 Å². The van der Waals surface area contributed by atoms with Gasteiger partial charge in [0.25, 0.3) is 0 Å². The number of aromatic nitrogens is 2. The number of nitrogens with zero attached hydrogens (tertiary/aromatic N) is 3. The average molecular weight is 302 g/mol. The van der Waals surface area contributed by atoms with Crippen LogP contribution in [0.5, 0.6) is 0 Å². The number of halogens is 1. The molecular weight excluding hydrogens is 282 g/mol. The first-order chi connectivity index (χ1) is 10.2. The van der Waals surface area contributed by atoms with Gasteiger partial charge in [-0.3, -0.25) is 0 Å². The lowest BCUT2D eigenvalue weighted by Crippen LogP contribution is -2.34. The largest absolute Gasteiger partial charge is 0.357 e. The molecule has 110 valence electrons. The molecule has 1 aromatic carbocycles. The topological polar surface area (TPSA) is 29.0 Å². The van der Waals surface area contributed by atoms with Crippen LogP contribution in [0, 0.1) is 0 Å². The van der Waals surface area contributed by atoms with Gasteiger partial charge in [-0.15, -0.1) is 0 Å². The standard InChI is InChI=1S/C17H20ClN3/c1-21(14-10-6-3-7-11-14)16-12-15(18)19-17(20-16)13-8-4-2-5-9-13/h2,4-5,8-9,12,14H,3,6-7,10-11H2,1H3. The van der Waals surface area contributed by atoms with Gasteiger partial charge < -0.3 is 4.90 Å². The van der Waals surface area contributed by atoms with E-state index in [2.05, 4.69) is 16.9 Å². The molecule has 0 bridgehead atoms. The molecular formula is C17H20ClN3. The zero-order chi connectivity index (χ0) is 14.7. The molecule has 0 radical (unpaired) electrons. The van der Waals surface area contributed by atoms with Gasteiger partial charge in [-0.05, 0) is 12.8 Å². The van der Waals surface area contributed by atoms with Crippen LogP contribution < -0.4 is 4.90 Å². The van der Waals surface area contributed by atoms with Crippen molar-refractivity contribution in [1.82, 2.24) is 9.97 Å². The predicted molar refractivity (Wildman–Crippen MR) is 87.8 cm³/mol. The van der Waals surface area contributed by atoms with E-state index in [0.717, 1.165) is 11.4 Å². The minimum Gasteiger partial charge on any atom is -0.357 e. The highest BCUT2D eigenvalue weighted by Crippen LogP contribution is 2.27. The Labute approximate surface area is 131 Å². The zero-order valence-electron chi connectivity index (χ0n) is 12.3. The molecule has 0 spiro atoms. The second kappa shape index (κ2) is 6.44. The van der Waals surface area contributed by atoms with Crippen molar-refractivity contribution in [1.29, 1.82) is 0 Å². The lowest BCUT2D eigenvalue weighted by Gasteiger charge is -2.32. The Balaban J connectivity index is 1.90. The van der Waals surface area contributed by atoms with E-state index < -0.39 is 0 Å². The van der Waals surface area contributed by atoms with Crippen LogP contribution in [0.3, 0.4) is 0 Å². The van der Waals surface area contributed by atoms with E-state index in [1.807, 2.05) is 36.4 Å². The molecule has 0 unspecified atom stereocenters. The summed E-state index contributed by atoms with van der Waals surface area (Å²) in [5.41, 5.74) is 0.998. The molecule has 2 aromatic rings. The van der Waals surface area contributed by atoms with E-state index in [9.17, 15) is 0 Å². The van der Waals surface area contributed by atoms with Crippen LogP contribution in [-0.4, -0.2) is 23.1 Å². The molecule has 0 amide bonds. The Morgan fingerprint density at radius 3 is 2.48 bits per heavy atom. The first kappa shape index (κ1) is 14.3. The molecule has 3 rings (SSSR count). The Kier molecular flexibility index (Phi) is 4.39. The number of hydrogen-bond acceptors (Lipinski definition) is 3. The molecule has 1 aliphatic rings. The SMILES string of the molecule is CN(c1cc(Cl)nc(-c2ccccc2)n1)C1CCCCC1. The fourth-order valence-corrected chi connectivity index (χ4v) is 3.14. The second-order valence-corrected chi connectivity index (χ2v) is 6.03. The quantitative estimate of drug-likeness (QED) is 0.778. The minimum atomic E-state index is 0.501. The highest BCUT2D eigenvalue weighted by Gasteiger charge is 2.20. The first-order valence-corrected chi connectivity index (χ1v) is 7.94. The molecule has 1 saturated carbocycles. The van der Waals surface area contributed by atoms with Crippen molar-refractivity contribution >= 4 is 17.4 Å². The molecule has 1 heterocycles. The summed E-state index contributed by atoms with van der Waals surface area (Å²) < 4.78 is 0. The van der Waals surface area contributed by atoms with Gasteiger partial charge in [0, 0.05) is 24.7 Å². The molecule has 0 atom stereocenters. The number of anilines is 1. The van der Waals surface area contributed by atoms with Crippen molar-refractivity contribution in [2.75, 3.05) is 11.9 Å². The Morgan fingerprint density at radius 2 is 1.76 bits per heavy atom. The maximum Gasteiger partial charge on any atom is 0.163 e. The Morgan fingerprint density at radius 1 is 1.05 bits per heavy atom. The van der Waals surface area contributed by atoms with Crippen molar-refractivity contribution in [3.05, 3.63) is 41.6 Å². The number of rotatable bonds is 3. The van der Waals surface area contributed by atoms with E-state index in [1.54, 1.807) is 0 Å². The Bertz CT molecular complexity index is 594. The summed E-state index contributed by atoms with van der Waals surface area (Å²) in [6.45, 7) is 0. The van der Waals surface area contributed by atoms with E-state index in [0.29, 0.717) is 17.0 Å². The van der Waals surface area contributed by atoms with Crippen LogP contribution in [0.2, 0.25) is 5.15 Å². The minimum absolute atomic E-state index is 0.501. The molecule has 0 saturated heterocycles. The maximum absolute atomic E-state index is 6.21. The van der Waals surface area contributed by atoms with E-state index in [1.165, 1.54) is 32.1 Å². The van der Waals surface area contributed by atoms with Crippen molar-refractivity contribution in [3.63, 3.8) is 0 Å². The third kappa shape index (κ3) is 3.35. The summed E-state index contributed by atoms with van der Waals surface area (Å²) in [5, 5.41) is 0.501. The molecule has 21 heavy (non-hydrogen) atoms. The molecule has 3 nitrogen and oxygen atoms in total. The van der Waals surface area contributed by atoms with Gasteiger partial charge in [0.15, 0.2) is 5.82 Å². The first-order valence-electron chi connectivity index (χ1n) is 7.57. The second-order valence-electron chi connectivity index (χ2n) is 5.64. The van der Waals surface area contributed by atoms with Crippen molar-refractivity contribution in [2.24, 2.45) is 0 Å². The molecule has 1 aliphatic carbocycles. The normalized spacial score (nSPS) is 15.9. The summed E-state index contributed by atoms with van der Waals surface area (Å²) in [5.74, 6) is 1.61. The van der Waals surface area contributed by atoms with Crippen LogP contribution in [0.4, 0.5) is 5.82 Å². The fourth-order valence-electron chi connectivity index (χ4n) is 2.96. The van der Waals surface area contributed by atoms with Crippen LogP contribution in [0.15, 0.2) is 36.4 Å². The highest BCUT2D eigenvalue weighted by molar-refractivity contribution is 6.29. The maximum atomic E-state index is 6.21. The van der Waals surface area contributed by atoms with Gasteiger partial charge in [0.05, 0.1) is 0 Å². The lowest BCUT2D eigenvalue weighted by molar-refractivity contribution is 0.426. The average Bonchev–Trinajstić information content (AvgIpc) is 2.55. The Hall–Kier alpha value is -1.61.